The third-order valence-electron chi connectivity index (χ3n) is 12.9. The van der Waals surface area contributed by atoms with Crippen LogP contribution in [-0.4, -0.2) is 120 Å². The zero-order chi connectivity index (χ0) is 46.4. The molecule has 15 nitrogen and oxygen atoms in total. The molecule has 0 bridgehead atoms. The van der Waals surface area contributed by atoms with E-state index < -0.39 is 19.1 Å². The van der Waals surface area contributed by atoms with Crippen molar-refractivity contribution in [2.45, 2.75) is 76.4 Å². The molecule has 17 heteroatoms. The first kappa shape index (κ1) is 46.6. The summed E-state index contributed by atoms with van der Waals surface area (Å²) in [6, 6.07) is 18.8. The van der Waals surface area contributed by atoms with Crippen LogP contribution in [0.3, 0.4) is 0 Å². The van der Waals surface area contributed by atoms with Crippen molar-refractivity contribution in [3.05, 3.63) is 88.6 Å². The fraction of sp³-hybridized carbons (Fsp3) is 0.429. The molecule has 1 unspecified atom stereocenters. The normalized spacial score (nSPS) is 18.1. The number of nitrogens with zero attached hydrogens (tertiary/aromatic N) is 6. The third kappa shape index (κ3) is 10.8. The Hall–Kier alpha value is -5.94. The molecule has 8 rings (SSSR count). The molecule has 0 saturated carbocycles. The van der Waals surface area contributed by atoms with Gasteiger partial charge < -0.3 is 34.6 Å². The van der Waals surface area contributed by atoms with E-state index in [4.69, 9.17) is 16.3 Å². The number of carbonyl (C=O) groups is 4. The highest BCUT2D eigenvalue weighted by molar-refractivity contribution is 7.70. The number of fused-ring (bicyclic) bond motifs is 1. The van der Waals surface area contributed by atoms with Crippen molar-refractivity contribution in [3.63, 3.8) is 0 Å². The van der Waals surface area contributed by atoms with Crippen LogP contribution in [0.1, 0.15) is 79.3 Å². The zero-order valence-electron chi connectivity index (χ0n) is 37.8. The molecule has 0 radical (unpaired) electrons. The summed E-state index contributed by atoms with van der Waals surface area (Å²) in [5, 5.41) is 9.91. The van der Waals surface area contributed by atoms with Crippen LogP contribution < -0.4 is 30.9 Å². The summed E-state index contributed by atoms with van der Waals surface area (Å²) in [7, 11) is -0.913. The van der Waals surface area contributed by atoms with Crippen LogP contribution in [0.15, 0.2) is 66.9 Å². The standard InChI is InChI=1S/C49H57ClN9O6P/c1-65-42-30-35(18-19-39(42)53-49-51-31-38(50)46(55-49)52-40-15-9-10-16-43(40)66(2,3)64)56-24-22-34(23-25-56)57-26-28-58(29-27-57)45(61)17-8-6-4-5-7-12-33-13-11-14-36-37(33)32-59(48(36)63)41-20-21-44(60)54-47(41)62/h9-11,13-16,18-19,30-31,34,41H,4-6,8,17,20-29,32H2,1-3H3,(H,54,60,62)(H2,51,52,53,55). The number of para-hydroxylation sites is 1. The van der Waals surface area contributed by atoms with E-state index in [0.29, 0.717) is 76.6 Å². The van der Waals surface area contributed by atoms with Crippen molar-refractivity contribution in [1.82, 2.24) is 30.0 Å². The summed E-state index contributed by atoms with van der Waals surface area (Å²) in [5.74, 6) is 7.17. The number of methoxy groups -OCH3 is 1. The molecule has 3 aromatic carbocycles. The van der Waals surface area contributed by atoms with Crippen LogP contribution in [0.2, 0.25) is 5.02 Å². The zero-order valence-corrected chi connectivity index (χ0v) is 39.4. The molecule has 0 spiro atoms. The fourth-order valence-electron chi connectivity index (χ4n) is 9.30. The van der Waals surface area contributed by atoms with Crippen LogP contribution in [0, 0.1) is 11.8 Å². The van der Waals surface area contributed by atoms with E-state index in [1.165, 1.54) is 6.20 Å². The number of nitrogens with one attached hydrogen (secondary N) is 3. The molecule has 3 saturated heterocycles. The maximum atomic E-state index is 13.1. The summed E-state index contributed by atoms with van der Waals surface area (Å²) in [6.07, 6.45) is 7.99. The van der Waals surface area contributed by atoms with Gasteiger partial charge in [0.05, 0.1) is 24.7 Å². The average molecular weight is 934 g/mol. The van der Waals surface area contributed by atoms with E-state index in [-0.39, 0.29) is 24.1 Å². The lowest BCUT2D eigenvalue weighted by Crippen LogP contribution is -2.54. The van der Waals surface area contributed by atoms with Gasteiger partial charge in [0.1, 0.15) is 24.0 Å². The molecular formula is C49H57ClN9O6P. The van der Waals surface area contributed by atoms with Crippen LogP contribution >= 0.6 is 18.7 Å². The van der Waals surface area contributed by atoms with E-state index >= 15 is 0 Å². The van der Waals surface area contributed by atoms with E-state index in [0.717, 1.165) is 88.2 Å². The number of carbonyl (C=O) groups excluding carboxylic acids is 4. The number of piperazine rings is 1. The molecule has 66 heavy (non-hydrogen) atoms. The van der Waals surface area contributed by atoms with E-state index in [1.54, 1.807) is 31.4 Å². The molecular weight excluding hydrogens is 877 g/mol. The molecule has 5 heterocycles. The highest BCUT2D eigenvalue weighted by atomic mass is 35.5. The predicted molar refractivity (Wildman–Crippen MR) is 258 cm³/mol. The number of amides is 4. The second-order valence-corrected chi connectivity index (χ2v) is 21.2. The first-order chi connectivity index (χ1) is 31.9. The fourth-order valence-corrected chi connectivity index (χ4v) is 10.6. The Morgan fingerprint density at radius 3 is 2.47 bits per heavy atom. The summed E-state index contributed by atoms with van der Waals surface area (Å²) in [5.41, 5.74) is 4.65. The lowest BCUT2D eigenvalue weighted by atomic mass is 10.0. The van der Waals surface area contributed by atoms with Gasteiger partial charge in [-0.1, -0.05) is 48.1 Å². The lowest BCUT2D eigenvalue weighted by molar-refractivity contribution is -0.137. The van der Waals surface area contributed by atoms with Crippen LogP contribution in [0.25, 0.3) is 0 Å². The Morgan fingerprint density at radius 1 is 0.924 bits per heavy atom. The minimum atomic E-state index is -2.56. The smallest absolute Gasteiger partial charge is 0.255 e. The predicted octanol–water partition coefficient (Wildman–Crippen LogP) is 6.75. The number of anilines is 5. The Morgan fingerprint density at radius 2 is 1.71 bits per heavy atom. The number of imide groups is 1. The summed E-state index contributed by atoms with van der Waals surface area (Å²) < 4.78 is 18.7. The highest BCUT2D eigenvalue weighted by Crippen LogP contribution is 2.39. The van der Waals surface area contributed by atoms with Gasteiger partial charge in [0.15, 0.2) is 5.82 Å². The van der Waals surface area contributed by atoms with Crippen molar-refractivity contribution < 1.29 is 28.5 Å². The molecule has 4 amide bonds. The van der Waals surface area contributed by atoms with Crippen LogP contribution in [0.4, 0.5) is 28.8 Å². The van der Waals surface area contributed by atoms with Gasteiger partial charge in [-0.3, -0.25) is 29.4 Å². The van der Waals surface area contributed by atoms with Crippen molar-refractivity contribution in [3.8, 4) is 17.6 Å². The number of rotatable bonds is 14. The SMILES string of the molecule is COc1cc(N2CCC(N3CCN(C(=O)CCCCCC#Cc4cccc5c4CN(C4CCC(=O)NC4=O)C5=O)CC3)CC2)ccc1Nc1ncc(Cl)c(Nc2ccccc2P(C)(C)=O)n1. The molecule has 0 aliphatic carbocycles. The van der Waals surface area contributed by atoms with Crippen LogP contribution in [-0.2, 0) is 25.5 Å². The number of hydrogen-bond acceptors (Lipinski definition) is 12. The molecule has 1 aromatic heterocycles. The van der Waals surface area contributed by atoms with Crippen molar-refractivity contribution in [1.29, 1.82) is 0 Å². The topological polar surface area (TPSA) is 169 Å². The van der Waals surface area contributed by atoms with E-state index in [2.05, 4.69) is 53.6 Å². The number of ether oxygens (including phenoxy) is 1. The van der Waals surface area contributed by atoms with Gasteiger partial charge in [-0.2, -0.15) is 4.98 Å². The maximum absolute atomic E-state index is 13.1. The van der Waals surface area contributed by atoms with Gasteiger partial charge in [-0.05, 0) is 87.4 Å². The van der Waals surface area contributed by atoms with Crippen molar-refractivity contribution in [2.24, 2.45) is 0 Å². The van der Waals surface area contributed by atoms with Gasteiger partial charge in [0.2, 0.25) is 23.7 Å². The third-order valence-corrected chi connectivity index (χ3v) is 14.8. The van der Waals surface area contributed by atoms with Gasteiger partial charge in [0.25, 0.3) is 5.91 Å². The van der Waals surface area contributed by atoms with Gasteiger partial charge in [0, 0.05) is 99.3 Å². The molecule has 4 aliphatic rings. The molecule has 3 fully saturated rings. The molecule has 3 N–H and O–H groups in total. The Labute approximate surface area is 391 Å². The highest BCUT2D eigenvalue weighted by Gasteiger charge is 2.40. The summed E-state index contributed by atoms with van der Waals surface area (Å²) >= 11 is 6.48. The summed E-state index contributed by atoms with van der Waals surface area (Å²) in [4.78, 5) is 67.8. The van der Waals surface area contributed by atoms with E-state index in [1.807, 2.05) is 53.4 Å². The van der Waals surface area contributed by atoms with Crippen LogP contribution in [0.5, 0.6) is 5.75 Å². The number of aromatic nitrogens is 2. The number of piperidine rings is 2. The van der Waals surface area contributed by atoms with Gasteiger partial charge in [-0.25, -0.2) is 4.98 Å². The van der Waals surface area contributed by atoms with Crippen molar-refractivity contribution >= 4 is 76.5 Å². The first-order valence-corrected chi connectivity index (χ1v) is 25.8. The Kier molecular flexibility index (Phi) is 14.6. The summed E-state index contributed by atoms with van der Waals surface area (Å²) in [6.45, 7) is 8.87. The Balaban J connectivity index is 0.746. The molecule has 4 aliphatic heterocycles. The Bertz CT molecular complexity index is 2600. The maximum Gasteiger partial charge on any atom is 0.255 e. The quantitative estimate of drug-likeness (QED) is 0.0528. The lowest BCUT2D eigenvalue weighted by Gasteiger charge is -2.43. The van der Waals surface area contributed by atoms with Gasteiger partial charge in [-0.15, -0.1) is 0 Å². The number of benzene rings is 3. The monoisotopic (exact) mass is 933 g/mol. The second kappa shape index (κ2) is 20.7. The molecule has 346 valence electrons. The second-order valence-electron chi connectivity index (χ2n) is 17.6. The number of hydrogen-bond donors (Lipinski definition) is 3. The minimum Gasteiger partial charge on any atom is -0.494 e. The molecule has 1 atom stereocenters. The van der Waals surface area contributed by atoms with Gasteiger partial charge >= 0.3 is 0 Å². The largest absolute Gasteiger partial charge is 0.494 e. The molecule has 4 aromatic rings. The van der Waals surface area contributed by atoms with E-state index in [9.17, 15) is 23.7 Å². The van der Waals surface area contributed by atoms with Crippen molar-refractivity contribution in [2.75, 3.05) is 75.2 Å². The number of halogens is 1. The first-order valence-electron chi connectivity index (χ1n) is 22.8. The minimum absolute atomic E-state index is 0.200. The average Bonchev–Trinajstić information content (AvgIpc) is 3.65. The number of unbranched alkanes of at least 4 members (excludes halogenated alkanes) is 3.